The van der Waals surface area contributed by atoms with Gasteiger partial charge in [-0.1, -0.05) is 45.1 Å². The van der Waals surface area contributed by atoms with Crippen LogP contribution in [0.15, 0.2) is 12.2 Å². The molecule has 0 heterocycles. The number of carboxylic acid groups (broad SMARTS) is 1. The molecule has 0 aromatic heterocycles. The van der Waals surface area contributed by atoms with Gasteiger partial charge in [0.05, 0.1) is 0 Å². The van der Waals surface area contributed by atoms with E-state index >= 15 is 0 Å². The molecule has 0 aromatic rings. The molecular formula is C15H26NNaO3. The minimum Gasteiger partial charge on any atom is -0.550 e. The van der Waals surface area contributed by atoms with E-state index in [0.29, 0.717) is 5.57 Å². The average molecular weight is 291 g/mol. The summed E-state index contributed by atoms with van der Waals surface area (Å²) in [6.07, 6.45) is 8.62. The minimum absolute atomic E-state index is 0. The maximum absolute atomic E-state index is 11.2. The second-order valence-corrected chi connectivity index (χ2v) is 4.99. The molecule has 0 aliphatic rings. The number of unbranched alkanes of at least 4 members (excludes halogenated alkanes) is 7. The van der Waals surface area contributed by atoms with Crippen molar-refractivity contribution < 1.29 is 44.3 Å². The van der Waals surface area contributed by atoms with Gasteiger partial charge in [-0.3, -0.25) is 4.79 Å². The molecule has 0 saturated carbocycles. The predicted octanol–water partition coefficient (Wildman–Crippen LogP) is -1.06. The van der Waals surface area contributed by atoms with Crippen LogP contribution in [0.25, 0.3) is 0 Å². The van der Waals surface area contributed by atoms with Crippen molar-refractivity contribution in [3.8, 4) is 0 Å². The zero-order valence-electron chi connectivity index (χ0n) is 13.0. The van der Waals surface area contributed by atoms with Crippen LogP contribution in [0.4, 0.5) is 0 Å². The van der Waals surface area contributed by atoms with Crippen molar-refractivity contribution in [1.82, 2.24) is 5.32 Å². The van der Waals surface area contributed by atoms with Gasteiger partial charge in [-0.2, -0.15) is 0 Å². The average Bonchev–Trinajstić information content (AvgIpc) is 2.35. The van der Waals surface area contributed by atoms with Crippen LogP contribution in [0, 0.1) is 0 Å². The van der Waals surface area contributed by atoms with Gasteiger partial charge >= 0.3 is 29.6 Å². The maximum Gasteiger partial charge on any atom is 1.00 e. The SMILES string of the molecule is C=C(C)C(=O)NCCCCCCCCCCC(=O)[O-].[Na+]. The molecule has 20 heavy (non-hydrogen) atoms. The number of nitrogens with one attached hydrogen (secondary N) is 1. The third kappa shape index (κ3) is 15.7. The fraction of sp³-hybridized carbons (Fsp3) is 0.733. The number of carbonyl (C=O) groups is 2. The molecule has 0 aliphatic carbocycles. The van der Waals surface area contributed by atoms with Gasteiger partial charge in [0.2, 0.25) is 5.91 Å². The Hall–Kier alpha value is -0.320. The maximum atomic E-state index is 11.2. The van der Waals surface area contributed by atoms with E-state index < -0.39 is 5.97 Å². The largest absolute Gasteiger partial charge is 1.00 e. The molecule has 0 radical (unpaired) electrons. The minimum atomic E-state index is -0.947. The number of amides is 1. The molecule has 0 aliphatic heterocycles. The van der Waals surface area contributed by atoms with Gasteiger partial charge in [-0.15, -0.1) is 0 Å². The Bertz CT molecular complexity index is 293. The number of carbonyl (C=O) groups excluding carboxylic acids is 2. The number of carboxylic acids is 1. The molecule has 0 rings (SSSR count). The summed E-state index contributed by atoms with van der Waals surface area (Å²) in [5.74, 6) is -1.01. The standard InChI is InChI=1S/C15H27NO3.Na/c1-13(2)15(19)16-12-10-8-6-4-3-5-7-9-11-14(17)18;/h1,3-12H2,2H3,(H,16,19)(H,17,18);/q;+1/p-1. The number of hydrogen-bond acceptors (Lipinski definition) is 3. The summed E-state index contributed by atoms with van der Waals surface area (Å²) in [6.45, 7) is 6.00. The molecule has 5 heteroatoms. The summed E-state index contributed by atoms with van der Waals surface area (Å²) < 4.78 is 0. The van der Waals surface area contributed by atoms with E-state index in [1.807, 2.05) is 0 Å². The fourth-order valence-corrected chi connectivity index (χ4v) is 1.81. The van der Waals surface area contributed by atoms with Gasteiger partial charge in [0, 0.05) is 18.1 Å². The van der Waals surface area contributed by atoms with Crippen LogP contribution in [0.1, 0.15) is 64.7 Å². The Morgan fingerprint density at radius 3 is 1.85 bits per heavy atom. The van der Waals surface area contributed by atoms with Crippen LogP contribution in [0.5, 0.6) is 0 Å². The third-order valence-electron chi connectivity index (χ3n) is 2.98. The van der Waals surface area contributed by atoms with Crippen molar-refractivity contribution in [3.05, 3.63) is 12.2 Å². The van der Waals surface area contributed by atoms with Gasteiger partial charge in [0.15, 0.2) is 0 Å². The van der Waals surface area contributed by atoms with Crippen molar-refractivity contribution in [2.45, 2.75) is 64.7 Å². The first kappa shape index (κ1) is 22.0. The van der Waals surface area contributed by atoms with E-state index in [9.17, 15) is 14.7 Å². The Balaban J connectivity index is 0. The molecule has 110 valence electrons. The van der Waals surface area contributed by atoms with Crippen molar-refractivity contribution in [2.75, 3.05) is 6.54 Å². The molecule has 1 N–H and O–H groups in total. The summed E-state index contributed by atoms with van der Waals surface area (Å²) in [5, 5.41) is 13.0. The fourth-order valence-electron chi connectivity index (χ4n) is 1.81. The number of aliphatic carboxylic acids is 1. The molecule has 0 saturated heterocycles. The van der Waals surface area contributed by atoms with Gasteiger partial charge < -0.3 is 15.2 Å². The second kappa shape index (κ2) is 15.1. The summed E-state index contributed by atoms with van der Waals surface area (Å²) in [5.41, 5.74) is 0.552. The molecule has 0 unspecified atom stereocenters. The van der Waals surface area contributed by atoms with Gasteiger partial charge in [-0.05, 0) is 26.2 Å². The van der Waals surface area contributed by atoms with Crippen molar-refractivity contribution in [1.29, 1.82) is 0 Å². The molecule has 0 aromatic carbocycles. The first-order valence-electron chi connectivity index (χ1n) is 7.17. The van der Waals surface area contributed by atoms with Gasteiger partial charge in [-0.25, -0.2) is 0 Å². The van der Waals surface area contributed by atoms with Gasteiger partial charge in [0.1, 0.15) is 0 Å². The van der Waals surface area contributed by atoms with Crippen LogP contribution in [0.3, 0.4) is 0 Å². The number of hydrogen-bond donors (Lipinski definition) is 1. The van der Waals surface area contributed by atoms with Crippen LogP contribution in [-0.4, -0.2) is 18.4 Å². The second-order valence-electron chi connectivity index (χ2n) is 4.99. The van der Waals surface area contributed by atoms with E-state index in [-0.39, 0.29) is 41.9 Å². The van der Waals surface area contributed by atoms with E-state index in [1.165, 1.54) is 12.8 Å². The number of rotatable bonds is 12. The molecule has 1 amide bonds. The Kier molecular flexibility index (Phi) is 16.6. The van der Waals surface area contributed by atoms with Crippen LogP contribution in [0.2, 0.25) is 0 Å². The Morgan fingerprint density at radius 2 is 1.40 bits per heavy atom. The quantitative estimate of drug-likeness (QED) is 0.283. The molecular weight excluding hydrogens is 265 g/mol. The predicted molar refractivity (Wildman–Crippen MR) is 74.4 cm³/mol. The van der Waals surface area contributed by atoms with Crippen molar-refractivity contribution >= 4 is 11.9 Å². The molecule has 0 atom stereocenters. The summed E-state index contributed by atoms with van der Waals surface area (Å²) in [6, 6.07) is 0. The molecule has 0 spiro atoms. The van der Waals surface area contributed by atoms with Crippen LogP contribution >= 0.6 is 0 Å². The van der Waals surface area contributed by atoms with Crippen LogP contribution in [-0.2, 0) is 9.59 Å². The first-order chi connectivity index (χ1) is 9.04. The Morgan fingerprint density at radius 1 is 0.950 bits per heavy atom. The van der Waals surface area contributed by atoms with E-state index in [2.05, 4.69) is 11.9 Å². The molecule has 4 nitrogen and oxygen atoms in total. The topological polar surface area (TPSA) is 69.2 Å². The van der Waals surface area contributed by atoms with Crippen molar-refractivity contribution in [2.24, 2.45) is 0 Å². The Labute approximate surface area is 144 Å². The molecule has 0 bridgehead atoms. The summed E-state index contributed by atoms with van der Waals surface area (Å²) in [7, 11) is 0. The summed E-state index contributed by atoms with van der Waals surface area (Å²) >= 11 is 0. The zero-order valence-corrected chi connectivity index (χ0v) is 15.0. The van der Waals surface area contributed by atoms with E-state index in [1.54, 1.807) is 6.92 Å². The van der Waals surface area contributed by atoms with E-state index in [0.717, 1.165) is 45.1 Å². The van der Waals surface area contributed by atoms with Crippen molar-refractivity contribution in [3.63, 3.8) is 0 Å². The summed E-state index contributed by atoms with van der Waals surface area (Å²) in [4.78, 5) is 21.3. The van der Waals surface area contributed by atoms with E-state index in [4.69, 9.17) is 0 Å². The zero-order chi connectivity index (χ0) is 14.5. The third-order valence-corrected chi connectivity index (χ3v) is 2.98. The van der Waals surface area contributed by atoms with Gasteiger partial charge in [0.25, 0.3) is 0 Å². The molecule has 0 fully saturated rings. The monoisotopic (exact) mass is 291 g/mol. The smallest absolute Gasteiger partial charge is 0.550 e. The first-order valence-corrected chi connectivity index (χ1v) is 7.17. The van der Waals surface area contributed by atoms with Crippen LogP contribution < -0.4 is 40.0 Å². The normalized spacial score (nSPS) is 9.65.